The van der Waals surface area contributed by atoms with E-state index in [0.29, 0.717) is 6.04 Å². The lowest BCUT2D eigenvalue weighted by Gasteiger charge is -2.26. The predicted molar refractivity (Wildman–Crippen MR) is 83.2 cm³/mol. The summed E-state index contributed by atoms with van der Waals surface area (Å²) in [5.74, 6) is 0.956. The highest BCUT2D eigenvalue weighted by molar-refractivity contribution is 7.16. The van der Waals surface area contributed by atoms with Gasteiger partial charge < -0.3 is 5.32 Å². The lowest BCUT2D eigenvalue weighted by molar-refractivity contribution is 0.599. The van der Waals surface area contributed by atoms with E-state index in [0.717, 1.165) is 22.5 Å². The van der Waals surface area contributed by atoms with Crippen molar-refractivity contribution in [1.29, 1.82) is 0 Å². The first kappa shape index (κ1) is 11.9. The van der Waals surface area contributed by atoms with Gasteiger partial charge in [0.15, 0.2) is 0 Å². The van der Waals surface area contributed by atoms with E-state index in [-0.39, 0.29) is 0 Å². The second-order valence-electron chi connectivity index (χ2n) is 5.15. The number of hydrogen-bond donors (Lipinski definition) is 1. The number of thiophene rings is 1. The molecule has 0 aliphatic heterocycles. The summed E-state index contributed by atoms with van der Waals surface area (Å²) in [6.45, 7) is 0. The molecular formula is C16H15N3S. The highest BCUT2D eigenvalue weighted by Crippen LogP contribution is 2.34. The molecule has 0 saturated carbocycles. The van der Waals surface area contributed by atoms with Gasteiger partial charge in [-0.25, -0.2) is 9.97 Å². The van der Waals surface area contributed by atoms with Crippen LogP contribution in [0.5, 0.6) is 0 Å². The number of rotatable bonds is 2. The van der Waals surface area contributed by atoms with Gasteiger partial charge in [-0.05, 0) is 41.8 Å². The molecule has 1 aromatic carbocycles. The Morgan fingerprint density at radius 2 is 2.10 bits per heavy atom. The fourth-order valence-electron chi connectivity index (χ4n) is 2.97. The van der Waals surface area contributed by atoms with Gasteiger partial charge in [0.05, 0.1) is 11.4 Å². The molecule has 3 aromatic rings. The predicted octanol–water partition coefficient (Wildman–Crippen LogP) is 4.18. The van der Waals surface area contributed by atoms with Crippen molar-refractivity contribution in [2.24, 2.45) is 0 Å². The number of benzene rings is 1. The topological polar surface area (TPSA) is 37.8 Å². The van der Waals surface area contributed by atoms with Crippen LogP contribution in [0.1, 0.15) is 30.0 Å². The third kappa shape index (κ3) is 1.96. The summed E-state index contributed by atoms with van der Waals surface area (Å²) >= 11 is 1.66. The number of aryl methyl sites for hydroxylation is 1. The minimum Gasteiger partial charge on any atom is -0.363 e. The molecule has 0 radical (unpaired) electrons. The summed E-state index contributed by atoms with van der Waals surface area (Å²) < 4.78 is 0. The van der Waals surface area contributed by atoms with Gasteiger partial charge in [-0.3, -0.25) is 0 Å². The van der Waals surface area contributed by atoms with E-state index in [1.807, 2.05) is 0 Å². The summed E-state index contributed by atoms with van der Waals surface area (Å²) in [7, 11) is 0. The molecule has 0 amide bonds. The van der Waals surface area contributed by atoms with Crippen LogP contribution in [0, 0.1) is 0 Å². The van der Waals surface area contributed by atoms with Crippen LogP contribution in [0.15, 0.2) is 42.0 Å². The molecule has 1 aliphatic carbocycles. The SMILES string of the molecule is c1ccc2c(c1)CCCC2Nc1ncnc2sccc12. The Balaban J connectivity index is 1.72. The maximum Gasteiger partial charge on any atom is 0.138 e. The Morgan fingerprint density at radius 1 is 1.15 bits per heavy atom. The Bertz CT molecular complexity index is 750. The van der Waals surface area contributed by atoms with Gasteiger partial charge in [0.2, 0.25) is 0 Å². The van der Waals surface area contributed by atoms with Crippen molar-refractivity contribution < 1.29 is 0 Å². The lowest BCUT2D eigenvalue weighted by atomic mass is 9.88. The highest BCUT2D eigenvalue weighted by Gasteiger charge is 2.20. The molecule has 4 rings (SSSR count). The van der Waals surface area contributed by atoms with Crippen LogP contribution in [0.4, 0.5) is 5.82 Å². The van der Waals surface area contributed by atoms with Crippen molar-refractivity contribution >= 4 is 27.4 Å². The first-order chi connectivity index (χ1) is 9.92. The second-order valence-corrected chi connectivity index (χ2v) is 6.04. The molecule has 2 aromatic heterocycles. The van der Waals surface area contributed by atoms with E-state index in [9.17, 15) is 0 Å². The molecule has 0 bridgehead atoms. The molecule has 100 valence electrons. The maximum absolute atomic E-state index is 4.43. The minimum absolute atomic E-state index is 0.359. The van der Waals surface area contributed by atoms with Gasteiger partial charge in [0.25, 0.3) is 0 Å². The number of nitrogens with zero attached hydrogens (tertiary/aromatic N) is 2. The third-order valence-electron chi connectivity index (χ3n) is 3.94. The molecule has 1 N–H and O–H groups in total. The largest absolute Gasteiger partial charge is 0.363 e. The molecule has 1 atom stereocenters. The summed E-state index contributed by atoms with van der Waals surface area (Å²) in [6, 6.07) is 11.2. The van der Waals surface area contributed by atoms with E-state index < -0.39 is 0 Å². The Hall–Kier alpha value is -1.94. The average molecular weight is 281 g/mol. The van der Waals surface area contributed by atoms with E-state index >= 15 is 0 Å². The number of hydrogen-bond acceptors (Lipinski definition) is 4. The molecule has 20 heavy (non-hydrogen) atoms. The Kier molecular flexibility index (Phi) is 2.89. The first-order valence-electron chi connectivity index (χ1n) is 6.94. The summed E-state index contributed by atoms with van der Waals surface area (Å²) in [6.07, 6.45) is 5.22. The monoisotopic (exact) mass is 281 g/mol. The van der Waals surface area contributed by atoms with E-state index in [1.54, 1.807) is 17.7 Å². The van der Waals surface area contributed by atoms with Crippen molar-refractivity contribution in [2.45, 2.75) is 25.3 Å². The van der Waals surface area contributed by atoms with Crippen LogP contribution in [0.3, 0.4) is 0 Å². The quantitative estimate of drug-likeness (QED) is 0.765. The molecule has 0 fully saturated rings. The zero-order valence-electron chi connectivity index (χ0n) is 11.0. The molecule has 0 spiro atoms. The number of anilines is 1. The highest BCUT2D eigenvalue weighted by atomic mass is 32.1. The third-order valence-corrected chi connectivity index (χ3v) is 4.76. The van der Waals surface area contributed by atoms with E-state index in [1.165, 1.54) is 24.0 Å². The normalized spacial score (nSPS) is 17.9. The molecule has 1 unspecified atom stereocenters. The van der Waals surface area contributed by atoms with Crippen LogP contribution >= 0.6 is 11.3 Å². The second kappa shape index (κ2) is 4.87. The van der Waals surface area contributed by atoms with Gasteiger partial charge in [-0.2, -0.15) is 0 Å². The molecular weight excluding hydrogens is 266 g/mol. The molecule has 3 nitrogen and oxygen atoms in total. The smallest absolute Gasteiger partial charge is 0.138 e. The number of nitrogens with one attached hydrogen (secondary N) is 1. The summed E-state index contributed by atoms with van der Waals surface area (Å²) in [5.41, 5.74) is 2.88. The van der Waals surface area contributed by atoms with Crippen LogP contribution in [-0.2, 0) is 6.42 Å². The van der Waals surface area contributed by atoms with Gasteiger partial charge in [-0.15, -0.1) is 11.3 Å². The van der Waals surface area contributed by atoms with Gasteiger partial charge in [0, 0.05) is 0 Å². The summed E-state index contributed by atoms with van der Waals surface area (Å²) in [4.78, 5) is 9.79. The van der Waals surface area contributed by atoms with E-state index in [2.05, 4.69) is 51.0 Å². The van der Waals surface area contributed by atoms with Crippen LogP contribution < -0.4 is 5.32 Å². The van der Waals surface area contributed by atoms with Crippen molar-refractivity contribution in [3.8, 4) is 0 Å². The molecule has 2 heterocycles. The minimum atomic E-state index is 0.359. The van der Waals surface area contributed by atoms with E-state index in [4.69, 9.17) is 0 Å². The lowest BCUT2D eigenvalue weighted by Crippen LogP contribution is -2.18. The standard InChI is InChI=1S/C16H15N3S/c1-2-6-12-11(4-1)5-3-7-14(12)19-15-13-8-9-20-16(13)18-10-17-15/h1-2,4,6,8-10,14H,3,5,7H2,(H,17,18,19). The zero-order valence-corrected chi connectivity index (χ0v) is 11.9. The van der Waals surface area contributed by atoms with Crippen LogP contribution in [0.2, 0.25) is 0 Å². The van der Waals surface area contributed by atoms with Crippen molar-refractivity contribution in [1.82, 2.24) is 9.97 Å². The van der Waals surface area contributed by atoms with Crippen molar-refractivity contribution in [2.75, 3.05) is 5.32 Å². The van der Waals surface area contributed by atoms with Crippen molar-refractivity contribution in [3.63, 3.8) is 0 Å². The number of aromatic nitrogens is 2. The van der Waals surface area contributed by atoms with Gasteiger partial charge in [0.1, 0.15) is 17.0 Å². The Labute approximate surface area is 121 Å². The van der Waals surface area contributed by atoms with Crippen molar-refractivity contribution in [3.05, 3.63) is 53.2 Å². The zero-order chi connectivity index (χ0) is 13.4. The van der Waals surface area contributed by atoms with Crippen LogP contribution in [-0.4, -0.2) is 9.97 Å². The van der Waals surface area contributed by atoms with Gasteiger partial charge >= 0.3 is 0 Å². The fourth-order valence-corrected chi connectivity index (χ4v) is 3.71. The molecule has 4 heteroatoms. The van der Waals surface area contributed by atoms with Crippen LogP contribution in [0.25, 0.3) is 10.2 Å². The molecule has 0 saturated heterocycles. The summed E-state index contributed by atoms with van der Waals surface area (Å²) in [5, 5.41) is 6.82. The average Bonchev–Trinajstić information content (AvgIpc) is 2.97. The Morgan fingerprint density at radius 3 is 3.10 bits per heavy atom. The van der Waals surface area contributed by atoms with Gasteiger partial charge in [-0.1, -0.05) is 24.3 Å². The fraction of sp³-hybridized carbons (Fsp3) is 0.250. The first-order valence-corrected chi connectivity index (χ1v) is 7.82. The maximum atomic E-state index is 4.43. The number of fused-ring (bicyclic) bond motifs is 2. The molecule has 1 aliphatic rings.